The zero-order valence-electron chi connectivity index (χ0n) is 13.9. The molecule has 0 fully saturated rings. The van der Waals surface area contributed by atoms with Crippen molar-refractivity contribution in [1.29, 1.82) is 0 Å². The number of nitrogens with one attached hydrogen (secondary N) is 2. The van der Waals surface area contributed by atoms with E-state index in [1.165, 1.54) is 40.8 Å². The number of amides is 1. The van der Waals surface area contributed by atoms with Crippen LogP contribution in [0.2, 0.25) is 0 Å². The Morgan fingerprint density at radius 1 is 1.16 bits per heavy atom. The van der Waals surface area contributed by atoms with Crippen LogP contribution < -0.4 is 10.9 Å². The topological polar surface area (TPSA) is 54.0 Å². The first-order valence-corrected chi connectivity index (χ1v) is 9.63. The van der Waals surface area contributed by atoms with Crippen molar-refractivity contribution in [3.8, 4) is 0 Å². The third kappa shape index (κ3) is 4.49. The number of carbonyl (C=O) groups excluding carboxylic acids is 1. The molecule has 2 N–H and O–H groups in total. The minimum Gasteiger partial charge on any atom is -0.273 e. The molecule has 0 radical (unpaired) electrons. The first-order chi connectivity index (χ1) is 12.0. The number of rotatable bonds is 6. The summed E-state index contributed by atoms with van der Waals surface area (Å²) in [6, 6.07) is 10.4. The predicted octanol–water partition coefficient (Wildman–Crippen LogP) is 4.68. The fraction of sp³-hybridized carbons (Fsp3) is 0.222. The van der Waals surface area contributed by atoms with Crippen LogP contribution in [0.1, 0.15) is 17.5 Å². The van der Waals surface area contributed by atoms with Crippen LogP contribution in [0.3, 0.4) is 0 Å². The molecular weight excluding hydrogens is 357 g/mol. The zero-order valence-corrected chi connectivity index (χ0v) is 15.6. The lowest BCUT2D eigenvalue weighted by molar-refractivity contribution is -0.120. The Labute approximate surface area is 153 Å². The van der Waals surface area contributed by atoms with Crippen LogP contribution in [-0.2, 0) is 4.79 Å². The summed E-state index contributed by atoms with van der Waals surface area (Å²) in [7, 11) is 0. The Morgan fingerprint density at radius 2 is 1.88 bits per heavy atom. The second-order valence-corrected chi connectivity index (χ2v) is 7.79. The molecule has 25 heavy (non-hydrogen) atoms. The fourth-order valence-corrected chi connectivity index (χ4v) is 4.11. The van der Waals surface area contributed by atoms with E-state index < -0.39 is 0 Å². The highest BCUT2D eigenvalue weighted by Gasteiger charge is 2.09. The molecule has 2 aromatic carbocycles. The van der Waals surface area contributed by atoms with Gasteiger partial charge in [-0.25, -0.2) is 9.37 Å². The molecule has 0 aliphatic heterocycles. The second kappa shape index (κ2) is 7.84. The maximum atomic E-state index is 12.8. The Kier molecular flexibility index (Phi) is 5.55. The Morgan fingerprint density at radius 3 is 2.60 bits per heavy atom. The van der Waals surface area contributed by atoms with Crippen molar-refractivity contribution in [3.63, 3.8) is 0 Å². The lowest BCUT2D eigenvalue weighted by atomic mass is 10.1. The van der Waals surface area contributed by atoms with Gasteiger partial charge in [0.2, 0.25) is 11.0 Å². The highest BCUT2D eigenvalue weighted by Crippen LogP contribution is 2.30. The largest absolute Gasteiger partial charge is 0.273 e. The normalized spacial score (nSPS) is 10.8. The SMILES string of the molecule is Cc1ccc(C)c2sc(NNC(=O)CCSc3ccc(F)cc3)nc12. The van der Waals surface area contributed by atoms with Crippen LogP contribution in [0, 0.1) is 19.7 Å². The van der Waals surface area contributed by atoms with Crippen LogP contribution in [0.5, 0.6) is 0 Å². The molecule has 0 aliphatic carbocycles. The summed E-state index contributed by atoms with van der Waals surface area (Å²) in [6.07, 6.45) is 0.359. The molecule has 7 heteroatoms. The minimum absolute atomic E-state index is 0.109. The lowest BCUT2D eigenvalue weighted by Gasteiger charge is -2.05. The van der Waals surface area contributed by atoms with Crippen LogP contribution in [0.25, 0.3) is 10.2 Å². The molecule has 0 saturated carbocycles. The molecule has 0 atom stereocenters. The number of hydrogen-bond acceptors (Lipinski definition) is 5. The molecule has 130 valence electrons. The van der Waals surface area contributed by atoms with Crippen LogP contribution in [0.4, 0.5) is 9.52 Å². The van der Waals surface area contributed by atoms with E-state index in [4.69, 9.17) is 0 Å². The molecule has 0 bridgehead atoms. The zero-order chi connectivity index (χ0) is 17.8. The van der Waals surface area contributed by atoms with E-state index in [0.717, 1.165) is 20.7 Å². The van der Waals surface area contributed by atoms with E-state index in [1.807, 2.05) is 13.0 Å². The summed E-state index contributed by atoms with van der Waals surface area (Å²) in [5, 5.41) is 0.673. The van der Waals surface area contributed by atoms with Gasteiger partial charge in [0.05, 0.1) is 10.2 Å². The van der Waals surface area contributed by atoms with Gasteiger partial charge in [-0.05, 0) is 49.2 Å². The first kappa shape index (κ1) is 17.7. The summed E-state index contributed by atoms with van der Waals surface area (Å²) in [4.78, 5) is 17.4. The van der Waals surface area contributed by atoms with Crippen molar-refractivity contribution in [1.82, 2.24) is 10.4 Å². The summed E-state index contributed by atoms with van der Waals surface area (Å²) < 4.78 is 14.0. The summed E-state index contributed by atoms with van der Waals surface area (Å²) in [5.74, 6) is 0.256. The van der Waals surface area contributed by atoms with Gasteiger partial charge in [-0.2, -0.15) is 0 Å². The highest BCUT2D eigenvalue weighted by atomic mass is 32.2. The van der Waals surface area contributed by atoms with Crippen molar-refractivity contribution in [3.05, 3.63) is 53.3 Å². The quantitative estimate of drug-likeness (QED) is 0.485. The van der Waals surface area contributed by atoms with E-state index in [9.17, 15) is 9.18 Å². The van der Waals surface area contributed by atoms with Gasteiger partial charge in [0.1, 0.15) is 5.82 Å². The van der Waals surface area contributed by atoms with Crippen molar-refractivity contribution < 1.29 is 9.18 Å². The number of thioether (sulfide) groups is 1. The molecule has 0 aliphatic rings. The van der Waals surface area contributed by atoms with E-state index in [0.29, 0.717) is 17.3 Å². The van der Waals surface area contributed by atoms with Gasteiger partial charge < -0.3 is 0 Å². The van der Waals surface area contributed by atoms with Crippen molar-refractivity contribution in [2.45, 2.75) is 25.2 Å². The van der Waals surface area contributed by atoms with Gasteiger partial charge in [0.25, 0.3) is 0 Å². The number of fused-ring (bicyclic) bond motifs is 1. The molecule has 3 rings (SSSR count). The number of hydrazine groups is 1. The number of halogens is 1. The third-order valence-electron chi connectivity index (χ3n) is 3.66. The van der Waals surface area contributed by atoms with Gasteiger partial charge in [-0.15, -0.1) is 11.8 Å². The average molecular weight is 375 g/mol. The Hall–Kier alpha value is -2.12. The number of anilines is 1. The predicted molar refractivity (Wildman–Crippen MR) is 103 cm³/mol. The van der Waals surface area contributed by atoms with E-state index >= 15 is 0 Å². The molecule has 0 unspecified atom stereocenters. The maximum Gasteiger partial charge on any atom is 0.239 e. The number of aromatic nitrogens is 1. The van der Waals surface area contributed by atoms with Gasteiger partial charge in [-0.3, -0.25) is 15.6 Å². The minimum atomic E-state index is -0.257. The highest BCUT2D eigenvalue weighted by molar-refractivity contribution is 7.99. The number of nitrogens with zero attached hydrogens (tertiary/aromatic N) is 1. The summed E-state index contributed by atoms with van der Waals surface area (Å²) >= 11 is 3.04. The Balaban J connectivity index is 1.50. The van der Waals surface area contributed by atoms with E-state index in [2.05, 4.69) is 28.8 Å². The fourth-order valence-electron chi connectivity index (χ4n) is 2.29. The number of thiazole rings is 1. The van der Waals surface area contributed by atoms with Crippen molar-refractivity contribution in [2.75, 3.05) is 11.2 Å². The van der Waals surface area contributed by atoms with Crippen LogP contribution >= 0.6 is 23.1 Å². The molecule has 1 heterocycles. The summed E-state index contributed by atoms with van der Waals surface area (Å²) in [6.45, 7) is 4.07. The van der Waals surface area contributed by atoms with Crippen LogP contribution in [0.15, 0.2) is 41.3 Å². The van der Waals surface area contributed by atoms with Crippen LogP contribution in [-0.4, -0.2) is 16.6 Å². The smallest absolute Gasteiger partial charge is 0.239 e. The third-order valence-corrected chi connectivity index (χ3v) is 5.78. The lowest BCUT2D eigenvalue weighted by Crippen LogP contribution is -2.29. The van der Waals surface area contributed by atoms with E-state index in [1.54, 1.807) is 12.1 Å². The Bertz CT molecular complexity index is 854. The monoisotopic (exact) mass is 375 g/mol. The molecular formula is C18H18FN3OS2. The molecule has 1 aromatic heterocycles. The summed E-state index contributed by atoms with van der Waals surface area (Å²) in [5.41, 5.74) is 8.83. The van der Waals surface area contributed by atoms with Crippen molar-refractivity contribution in [2.24, 2.45) is 0 Å². The van der Waals surface area contributed by atoms with Gasteiger partial charge in [-0.1, -0.05) is 23.5 Å². The molecule has 4 nitrogen and oxygen atoms in total. The van der Waals surface area contributed by atoms with Crippen molar-refractivity contribution >= 4 is 44.4 Å². The number of carbonyl (C=O) groups is 1. The van der Waals surface area contributed by atoms with Gasteiger partial charge in [0.15, 0.2) is 0 Å². The number of benzene rings is 2. The average Bonchev–Trinajstić information content (AvgIpc) is 3.04. The molecule has 1 amide bonds. The number of hydrogen-bond donors (Lipinski definition) is 2. The standard InChI is InChI=1S/C18H18FN3OS2/c1-11-3-4-12(2)17-16(11)20-18(25-17)22-21-15(23)9-10-24-14-7-5-13(19)6-8-14/h3-8H,9-10H2,1-2H3,(H,20,22)(H,21,23). The maximum absolute atomic E-state index is 12.8. The molecule has 0 saturated heterocycles. The van der Waals surface area contributed by atoms with Gasteiger partial charge in [0, 0.05) is 17.1 Å². The molecule has 0 spiro atoms. The second-order valence-electron chi connectivity index (χ2n) is 5.62. The molecule has 3 aromatic rings. The van der Waals surface area contributed by atoms with E-state index in [-0.39, 0.29) is 11.7 Å². The number of aryl methyl sites for hydroxylation is 2. The first-order valence-electron chi connectivity index (χ1n) is 7.83. The van der Waals surface area contributed by atoms with Gasteiger partial charge >= 0.3 is 0 Å².